The maximum atomic E-state index is 12.1. The van der Waals surface area contributed by atoms with Crippen molar-refractivity contribution in [3.63, 3.8) is 0 Å². The van der Waals surface area contributed by atoms with Crippen molar-refractivity contribution in [3.8, 4) is 5.75 Å². The van der Waals surface area contributed by atoms with Crippen molar-refractivity contribution in [3.05, 3.63) is 58.1 Å². The Morgan fingerprint density at radius 3 is 2.13 bits per heavy atom. The molecule has 1 N–H and O–H groups in total. The summed E-state index contributed by atoms with van der Waals surface area (Å²) in [7, 11) is 0. The lowest BCUT2D eigenvalue weighted by atomic mass is 10.1. The van der Waals surface area contributed by atoms with Crippen LogP contribution in [-0.2, 0) is 4.79 Å². The van der Waals surface area contributed by atoms with E-state index in [9.17, 15) is 9.59 Å². The van der Waals surface area contributed by atoms with Crippen molar-refractivity contribution in [2.75, 3.05) is 5.32 Å². The van der Waals surface area contributed by atoms with Crippen LogP contribution in [-0.4, -0.2) is 17.8 Å². The number of amides is 1. The van der Waals surface area contributed by atoms with E-state index in [1.54, 1.807) is 49.4 Å². The summed E-state index contributed by atoms with van der Waals surface area (Å²) >= 11 is 11.8. The first-order chi connectivity index (χ1) is 10.8. The van der Waals surface area contributed by atoms with Crippen molar-refractivity contribution >= 4 is 40.6 Å². The summed E-state index contributed by atoms with van der Waals surface area (Å²) < 4.78 is 5.55. The maximum absolute atomic E-state index is 12.1. The molecule has 2 rings (SSSR count). The van der Waals surface area contributed by atoms with Gasteiger partial charge >= 0.3 is 0 Å². The summed E-state index contributed by atoms with van der Waals surface area (Å²) in [6.07, 6.45) is -0.726. The average Bonchev–Trinajstić information content (AvgIpc) is 2.46. The van der Waals surface area contributed by atoms with Gasteiger partial charge in [0.25, 0.3) is 5.91 Å². The number of rotatable bonds is 5. The fraction of sp³-hybridized carbons (Fsp3) is 0.176. The minimum Gasteiger partial charge on any atom is -0.481 e. The molecular formula is C17H15Cl2NO3. The summed E-state index contributed by atoms with van der Waals surface area (Å²) in [6.45, 7) is 3.11. The van der Waals surface area contributed by atoms with Gasteiger partial charge in [-0.3, -0.25) is 9.59 Å². The number of ether oxygens (including phenoxy) is 1. The highest BCUT2D eigenvalue weighted by Gasteiger charge is 2.15. The first-order valence-electron chi connectivity index (χ1n) is 6.90. The minimum atomic E-state index is -0.726. The molecule has 1 amide bonds. The number of anilines is 1. The van der Waals surface area contributed by atoms with Crippen LogP contribution >= 0.6 is 23.2 Å². The van der Waals surface area contributed by atoms with Crippen LogP contribution in [0.5, 0.6) is 5.75 Å². The number of halogens is 2. The molecule has 0 radical (unpaired) electrons. The third-order valence-electron chi connectivity index (χ3n) is 3.07. The molecule has 23 heavy (non-hydrogen) atoms. The SMILES string of the molecule is CC(=O)c1ccc(OC(C)C(=O)Nc2cc(Cl)cc(Cl)c2)cc1. The predicted molar refractivity (Wildman–Crippen MR) is 91.6 cm³/mol. The van der Waals surface area contributed by atoms with Gasteiger partial charge < -0.3 is 10.1 Å². The van der Waals surface area contributed by atoms with Gasteiger partial charge in [-0.15, -0.1) is 0 Å². The van der Waals surface area contributed by atoms with E-state index in [1.807, 2.05) is 0 Å². The number of hydrogen-bond donors (Lipinski definition) is 1. The highest BCUT2D eigenvalue weighted by atomic mass is 35.5. The van der Waals surface area contributed by atoms with Gasteiger partial charge in [0, 0.05) is 21.3 Å². The highest BCUT2D eigenvalue weighted by Crippen LogP contribution is 2.23. The molecule has 1 atom stereocenters. The Bertz CT molecular complexity index is 709. The van der Waals surface area contributed by atoms with Crippen LogP contribution in [0, 0.1) is 0 Å². The number of hydrogen-bond acceptors (Lipinski definition) is 3. The second-order valence-electron chi connectivity index (χ2n) is 4.99. The molecule has 0 bridgehead atoms. The largest absolute Gasteiger partial charge is 0.481 e. The Morgan fingerprint density at radius 2 is 1.61 bits per heavy atom. The average molecular weight is 352 g/mol. The molecule has 4 nitrogen and oxygen atoms in total. The molecule has 0 fully saturated rings. The molecule has 2 aromatic carbocycles. The Balaban J connectivity index is 2.00. The molecule has 0 aliphatic rings. The molecule has 0 heterocycles. The van der Waals surface area contributed by atoms with E-state index in [1.165, 1.54) is 6.92 Å². The third-order valence-corrected chi connectivity index (χ3v) is 3.51. The monoisotopic (exact) mass is 351 g/mol. The van der Waals surface area contributed by atoms with Crippen molar-refractivity contribution in [2.45, 2.75) is 20.0 Å². The molecular weight excluding hydrogens is 337 g/mol. The number of ketones is 1. The van der Waals surface area contributed by atoms with Crippen molar-refractivity contribution in [2.24, 2.45) is 0 Å². The molecule has 0 aliphatic carbocycles. The van der Waals surface area contributed by atoms with Crippen molar-refractivity contribution in [1.29, 1.82) is 0 Å². The van der Waals surface area contributed by atoms with E-state index in [2.05, 4.69) is 5.32 Å². The van der Waals surface area contributed by atoms with Gasteiger partial charge in [0.15, 0.2) is 11.9 Å². The van der Waals surface area contributed by atoms with Crippen molar-refractivity contribution < 1.29 is 14.3 Å². The van der Waals surface area contributed by atoms with E-state index in [-0.39, 0.29) is 11.7 Å². The summed E-state index contributed by atoms with van der Waals surface area (Å²) in [5.41, 5.74) is 1.08. The van der Waals surface area contributed by atoms with E-state index in [4.69, 9.17) is 27.9 Å². The molecule has 2 aromatic rings. The topological polar surface area (TPSA) is 55.4 Å². The van der Waals surface area contributed by atoms with Crippen molar-refractivity contribution in [1.82, 2.24) is 0 Å². The summed E-state index contributed by atoms with van der Waals surface area (Å²) in [6, 6.07) is 11.4. The number of carbonyl (C=O) groups excluding carboxylic acids is 2. The second kappa shape index (κ2) is 7.49. The first kappa shape index (κ1) is 17.3. The van der Waals surface area contributed by atoms with E-state index >= 15 is 0 Å². The van der Waals surface area contributed by atoms with Gasteiger partial charge in [0.1, 0.15) is 5.75 Å². The first-order valence-corrected chi connectivity index (χ1v) is 7.65. The van der Waals surface area contributed by atoms with Crippen LogP contribution in [0.3, 0.4) is 0 Å². The normalized spacial score (nSPS) is 11.7. The van der Waals surface area contributed by atoms with Gasteiger partial charge in [-0.05, 0) is 56.3 Å². The predicted octanol–water partition coefficient (Wildman–Crippen LogP) is 4.60. The van der Waals surface area contributed by atoms with Gasteiger partial charge in [-0.2, -0.15) is 0 Å². The Kier molecular flexibility index (Phi) is 5.64. The van der Waals surface area contributed by atoms with Crippen LogP contribution in [0.15, 0.2) is 42.5 Å². The quantitative estimate of drug-likeness (QED) is 0.800. The fourth-order valence-electron chi connectivity index (χ4n) is 1.90. The smallest absolute Gasteiger partial charge is 0.265 e. The number of benzene rings is 2. The number of carbonyl (C=O) groups is 2. The van der Waals surface area contributed by atoms with Crippen LogP contribution in [0.2, 0.25) is 10.0 Å². The zero-order valence-corrected chi connectivity index (χ0v) is 14.1. The second-order valence-corrected chi connectivity index (χ2v) is 5.86. The third kappa shape index (κ3) is 4.98. The zero-order valence-electron chi connectivity index (χ0n) is 12.6. The van der Waals surface area contributed by atoms with Gasteiger partial charge in [-0.1, -0.05) is 23.2 Å². The maximum Gasteiger partial charge on any atom is 0.265 e. The summed E-state index contributed by atoms with van der Waals surface area (Å²) in [4.78, 5) is 23.4. The zero-order chi connectivity index (χ0) is 17.0. The molecule has 0 aliphatic heterocycles. The molecule has 0 saturated heterocycles. The molecule has 1 unspecified atom stereocenters. The lowest BCUT2D eigenvalue weighted by molar-refractivity contribution is -0.122. The molecule has 6 heteroatoms. The van der Waals surface area contributed by atoms with E-state index < -0.39 is 6.10 Å². The van der Waals surface area contributed by atoms with Gasteiger partial charge in [-0.25, -0.2) is 0 Å². The molecule has 0 spiro atoms. The van der Waals surface area contributed by atoms with Gasteiger partial charge in [0.05, 0.1) is 0 Å². The molecule has 120 valence electrons. The fourth-order valence-corrected chi connectivity index (χ4v) is 2.42. The van der Waals surface area contributed by atoms with Crippen LogP contribution in [0.25, 0.3) is 0 Å². The Hall–Kier alpha value is -2.04. The minimum absolute atomic E-state index is 0.0276. The standard InChI is InChI=1S/C17H15Cl2NO3/c1-10(21)12-3-5-16(6-4-12)23-11(2)17(22)20-15-8-13(18)7-14(19)9-15/h3-9,11H,1-2H3,(H,20,22). The lowest BCUT2D eigenvalue weighted by Gasteiger charge is -2.15. The summed E-state index contributed by atoms with van der Waals surface area (Å²) in [5, 5.41) is 3.55. The summed E-state index contributed by atoms with van der Waals surface area (Å²) in [5.74, 6) is 0.140. The van der Waals surface area contributed by atoms with Crippen LogP contribution < -0.4 is 10.1 Å². The van der Waals surface area contributed by atoms with Crippen LogP contribution in [0.1, 0.15) is 24.2 Å². The lowest BCUT2D eigenvalue weighted by Crippen LogP contribution is -2.30. The highest BCUT2D eigenvalue weighted by molar-refractivity contribution is 6.35. The number of Topliss-reactive ketones (excluding diaryl/α,β-unsaturated/α-hetero) is 1. The Labute approximate surface area is 144 Å². The molecule has 0 saturated carbocycles. The van der Waals surface area contributed by atoms with E-state index in [0.29, 0.717) is 27.0 Å². The molecule has 0 aromatic heterocycles. The van der Waals surface area contributed by atoms with E-state index in [0.717, 1.165) is 0 Å². The van der Waals surface area contributed by atoms with Crippen LogP contribution in [0.4, 0.5) is 5.69 Å². The number of nitrogens with one attached hydrogen (secondary N) is 1. The Morgan fingerprint density at radius 1 is 1.04 bits per heavy atom. The van der Waals surface area contributed by atoms with Gasteiger partial charge in [0.2, 0.25) is 0 Å².